The summed E-state index contributed by atoms with van der Waals surface area (Å²) in [5, 5.41) is 0. The highest BCUT2D eigenvalue weighted by atomic mass is 16.5. The first-order chi connectivity index (χ1) is 5.88. The number of ether oxygens (including phenoxy) is 1. The maximum Gasteiger partial charge on any atom is 0.262 e. The molecular weight excluding hydrogens is 156 g/mol. The molecule has 0 atom stereocenters. The minimum Gasteiger partial charge on any atom is -0.489 e. The molecule has 1 aliphatic rings. The molecule has 3 nitrogen and oxygen atoms in total. The number of furan rings is 1. The molecule has 1 aromatic rings. The standard InChI is InChI=1S/C9H8O3/c10-9(7-3-1-5-11-7)8-4-2-6-12-8/h1,3-5H,2,6H2. The van der Waals surface area contributed by atoms with Crippen LogP contribution in [0.3, 0.4) is 0 Å². The minimum atomic E-state index is -0.169. The Bertz CT molecular complexity index is 309. The van der Waals surface area contributed by atoms with E-state index in [0.29, 0.717) is 18.1 Å². The van der Waals surface area contributed by atoms with Gasteiger partial charge in [-0.25, -0.2) is 0 Å². The number of hydrogen-bond donors (Lipinski definition) is 0. The van der Waals surface area contributed by atoms with Gasteiger partial charge in [-0.2, -0.15) is 0 Å². The van der Waals surface area contributed by atoms with E-state index in [1.165, 1.54) is 6.26 Å². The van der Waals surface area contributed by atoms with Crippen molar-refractivity contribution in [2.75, 3.05) is 6.61 Å². The van der Waals surface area contributed by atoms with Crippen LogP contribution in [0.25, 0.3) is 0 Å². The molecule has 2 heterocycles. The summed E-state index contributed by atoms with van der Waals surface area (Å²) in [6, 6.07) is 3.31. The minimum absolute atomic E-state index is 0.169. The van der Waals surface area contributed by atoms with Crippen LogP contribution < -0.4 is 0 Å². The van der Waals surface area contributed by atoms with Gasteiger partial charge in [-0.05, 0) is 18.2 Å². The van der Waals surface area contributed by atoms with E-state index in [0.717, 1.165) is 6.42 Å². The van der Waals surface area contributed by atoms with E-state index in [1.54, 1.807) is 18.2 Å². The SMILES string of the molecule is O=C(C1=CCCO1)c1ccco1. The van der Waals surface area contributed by atoms with E-state index in [1.807, 2.05) is 0 Å². The fourth-order valence-corrected chi connectivity index (χ4v) is 1.11. The van der Waals surface area contributed by atoms with Crippen LogP contribution in [0.1, 0.15) is 17.0 Å². The van der Waals surface area contributed by atoms with Gasteiger partial charge in [0.2, 0.25) is 0 Å². The molecule has 0 unspecified atom stereocenters. The van der Waals surface area contributed by atoms with Crippen molar-refractivity contribution in [2.24, 2.45) is 0 Å². The predicted molar refractivity (Wildman–Crippen MR) is 41.7 cm³/mol. The molecule has 0 N–H and O–H groups in total. The average Bonchev–Trinajstić information content (AvgIpc) is 2.77. The van der Waals surface area contributed by atoms with Crippen LogP contribution in [-0.4, -0.2) is 12.4 Å². The van der Waals surface area contributed by atoms with Crippen LogP contribution in [0.5, 0.6) is 0 Å². The van der Waals surface area contributed by atoms with Gasteiger partial charge in [0.1, 0.15) is 0 Å². The van der Waals surface area contributed by atoms with Crippen LogP contribution in [-0.2, 0) is 4.74 Å². The number of rotatable bonds is 2. The number of allylic oxidation sites excluding steroid dienone is 1. The third-order valence-corrected chi connectivity index (χ3v) is 1.67. The summed E-state index contributed by atoms with van der Waals surface area (Å²) in [6.45, 7) is 0.599. The smallest absolute Gasteiger partial charge is 0.262 e. The zero-order chi connectivity index (χ0) is 8.39. The molecular formula is C9H8O3. The zero-order valence-electron chi connectivity index (χ0n) is 6.45. The Kier molecular flexibility index (Phi) is 1.70. The summed E-state index contributed by atoms with van der Waals surface area (Å²) in [5.41, 5.74) is 0. The summed E-state index contributed by atoms with van der Waals surface area (Å²) in [5.74, 6) is 0.575. The molecule has 0 saturated heterocycles. The van der Waals surface area contributed by atoms with Crippen molar-refractivity contribution in [3.05, 3.63) is 36.0 Å². The quantitative estimate of drug-likeness (QED) is 0.625. The average molecular weight is 164 g/mol. The Balaban J connectivity index is 2.20. The molecule has 0 saturated carbocycles. The normalized spacial score (nSPS) is 15.5. The largest absolute Gasteiger partial charge is 0.489 e. The summed E-state index contributed by atoms with van der Waals surface area (Å²) < 4.78 is 10.0. The van der Waals surface area contributed by atoms with E-state index >= 15 is 0 Å². The first-order valence-electron chi connectivity index (χ1n) is 3.79. The van der Waals surface area contributed by atoms with E-state index in [-0.39, 0.29) is 5.78 Å². The first kappa shape index (κ1) is 7.16. The van der Waals surface area contributed by atoms with E-state index in [2.05, 4.69) is 0 Å². The van der Waals surface area contributed by atoms with Crippen LogP contribution in [0.15, 0.2) is 34.6 Å². The number of hydrogen-bond acceptors (Lipinski definition) is 3. The lowest BCUT2D eigenvalue weighted by Gasteiger charge is -1.98. The number of carbonyl (C=O) groups is 1. The van der Waals surface area contributed by atoms with Crippen molar-refractivity contribution < 1.29 is 13.9 Å². The zero-order valence-corrected chi connectivity index (χ0v) is 6.45. The molecule has 1 aliphatic heterocycles. The molecule has 0 amide bonds. The molecule has 3 heteroatoms. The molecule has 12 heavy (non-hydrogen) atoms. The van der Waals surface area contributed by atoms with Crippen molar-refractivity contribution in [1.29, 1.82) is 0 Å². The highest BCUT2D eigenvalue weighted by Crippen LogP contribution is 2.15. The lowest BCUT2D eigenvalue weighted by atomic mass is 10.2. The van der Waals surface area contributed by atoms with Crippen molar-refractivity contribution in [2.45, 2.75) is 6.42 Å². The van der Waals surface area contributed by atoms with E-state index in [9.17, 15) is 4.79 Å². The lowest BCUT2D eigenvalue weighted by molar-refractivity contribution is 0.0916. The summed E-state index contributed by atoms with van der Waals surface area (Å²) >= 11 is 0. The molecule has 0 radical (unpaired) electrons. The molecule has 0 spiro atoms. The molecule has 0 aliphatic carbocycles. The van der Waals surface area contributed by atoms with Crippen LogP contribution in [0.2, 0.25) is 0 Å². The van der Waals surface area contributed by atoms with Crippen LogP contribution in [0, 0.1) is 0 Å². The van der Waals surface area contributed by atoms with E-state index < -0.39 is 0 Å². The Labute approximate surface area is 69.6 Å². The van der Waals surface area contributed by atoms with Crippen LogP contribution in [0.4, 0.5) is 0 Å². The van der Waals surface area contributed by atoms with Gasteiger partial charge in [0, 0.05) is 6.42 Å². The topological polar surface area (TPSA) is 39.4 Å². The highest BCUT2D eigenvalue weighted by Gasteiger charge is 2.18. The van der Waals surface area contributed by atoms with Gasteiger partial charge in [0.05, 0.1) is 12.9 Å². The fraction of sp³-hybridized carbons (Fsp3) is 0.222. The van der Waals surface area contributed by atoms with Gasteiger partial charge in [-0.1, -0.05) is 0 Å². The number of Topliss-reactive ketones (excluding diaryl/α,β-unsaturated/α-hetero) is 1. The molecule has 0 aromatic carbocycles. The Morgan fingerprint density at radius 1 is 1.50 bits per heavy atom. The van der Waals surface area contributed by atoms with Gasteiger partial charge in [-0.3, -0.25) is 4.79 Å². The molecule has 2 rings (SSSR count). The van der Waals surface area contributed by atoms with Gasteiger partial charge < -0.3 is 9.15 Å². The molecule has 0 bridgehead atoms. The number of ketones is 1. The lowest BCUT2D eigenvalue weighted by Crippen LogP contribution is -2.01. The summed E-state index contributed by atoms with van der Waals surface area (Å²) in [6.07, 6.45) is 4.06. The third-order valence-electron chi connectivity index (χ3n) is 1.67. The van der Waals surface area contributed by atoms with Crippen molar-refractivity contribution in [1.82, 2.24) is 0 Å². The third kappa shape index (κ3) is 1.13. The maximum absolute atomic E-state index is 11.4. The van der Waals surface area contributed by atoms with Crippen molar-refractivity contribution in [3.8, 4) is 0 Å². The second-order valence-corrected chi connectivity index (χ2v) is 2.51. The second-order valence-electron chi connectivity index (χ2n) is 2.51. The fourth-order valence-electron chi connectivity index (χ4n) is 1.11. The van der Waals surface area contributed by atoms with E-state index in [4.69, 9.17) is 9.15 Å². The first-order valence-corrected chi connectivity index (χ1v) is 3.79. The molecule has 62 valence electrons. The Morgan fingerprint density at radius 3 is 3.00 bits per heavy atom. The Hall–Kier alpha value is -1.51. The number of carbonyl (C=O) groups excluding carboxylic acids is 1. The van der Waals surface area contributed by atoms with Gasteiger partial charge in [0.25, 0.3) is 5.78 Å². The summed E-state index contributed by atoms with van der Waals surface area (Å²) in [7, 11) is 0. The highest BCUT2D eigenvalue weighted by molar-refractivity contribution is 6.05. The second kappa shape index (κ2) is 2.85. The van der Waals surface area contributed by atoms with Crippen molar-refractivity contribution in [3.63, 3.8) is 0 Å². The predicted octanol–water partition coefficient (Wildman–Crippen LogP) is 1.77. The van der Waals surface area contributed by atoms with Crippen molar-refractivity contribution >= 4 is 5.78 Å². The molecule has 1 aromatic heterocycles. The van der Waals surface area contributed by atoms with Gasteiger partial charge in [0.15, 0.2) is 11.5 Å². The van der Waals surface area contributed by atoms with Gasteiger partial charge >= 0.3 is 0 Å². The molecule has 0 fully saturated rings. The Morgan fingerprint density at radius 2 is 2.42 bits per heavy atom. The van der Waals surface area contributed by atoms with Crippen LogP contribution >= 0.6 is 0 Å². The maximum atomic E-state index is 11.4. The summed E-state index contributed by atoms with van der Waals surface area (Å²) in [4.78, 5) is 11.4. The monoisotopic (exact) mass is 164 g/mol. The van der Waals surface area contributed by atoms with Gasteiger partial charge in [-0.15, -0.1) is 0 Å².